The van der Waals surface area contributed by atoms with Crippen molar-refractivity contribution in [1.29, 1.82) is 5.26 Å². The first-order valence-corrected chi connectivity index (χ1v) is 11.2. The largest absolute Gasteiger partial charge is 0.491 e. The van der Waals surface area contributed by atoms with Gasteiger partial charge in [0.25, 0.3) is 0 Å². The molecule has 0 amide bonds. The van der Waals surface area contributed by atoms with E-state index >= 15 is 0 Å². The Morgan fingerprint density at radius 2 is 2.03 bits per heavy atom. The first-order valence-electron chi connectivity index (χ1n) is 9.32. The summed E-state index contributed by atoms with van der Waals surface area (Å²) < 4.78 is 75.8. The monoisotopic (exact) mass is 490 g/mol. The molecule has 1 aromatic heterocycles. The number of rotatable bonds is 7. The van der Waals surface area contributed by atoms with Crippen molar-refractivity contribution >= 4 is 27.3 Å². The van der Waals surface area contributed by atoms with E-state index in [9.17, 15) is 21.6 Å². The number of ether oxygens (including phenoxy) is 2. The van der Waals surface area contributed by atoms with Crippen molar-refractivity contribution in [2.24, 2.45) is 0 Å². The maximum atomic E-state index is 13.1. The van der Waals surface area contributed by atoms with Crippen molar-refractivity contribution in [3.63, 3.8) is 0 Å². The molecular weight excluding hydrogens is 473 g/mol. The maximum absolute atomic E-state index is 13.1. The summed E-state index contributed by atoms with van der Waals surface area (Å²) in [6.45, 7) is 0.644. The molecule has 1 aliphatic rings. The highest BCUT2D eigenvalue weighted by molar-refractivity contribution is 7.92. The van der Waals surface area contributed by atoms with Crippen LogP contribution in [0.2, 0.25) is 5.02 Å². The quantitative estimate of drug-likeness (QED) is 0.545. The number of halogens is 4. The van der Waals surface area contributed by atoms with Gasteiger partial charge in [-0.25, -0.2) is 18.4 Å². The molecule has 0 bridgehead atoms. The lowest BCUT2D eigenvalue weighted by Gasteiger charge is -2.19. The zero-order chi connectivity index (χ0) is 23.5. The first kappa shape index (κ1) is 24.0. The fraction of sp³-hybridized carbons (Fsp3) is 0.421. The lowest BCUT2D eigenvalue weighted by atomic mass is 10.3. The van der Waals surface area contributed by atoms with E-state index in [1.165, 1.54) is 36.3 Å². The molecule has 2 heterocycles. The third-order valence-corrected chi connectivity index (χ3v) is 7.43. The Morgan fingerprint density at radius 3 is 2.66 bits per heavy atom. The van der Waals surface area contributed by atoms with E-state index in [2.05, 4.69) is 9.97 Å². The fourth-order valence-corrected chi connectivity index (χ4v) is 5.44. The number of sulfone groups is 1. The van der Waals surface area contributed by atoms with Crippen LogP contribution in [0.1, 0.15) is 17.9 Å². The van der Waals surface area contributed by atoms with Gasteiger partial charge in [-0.3, -0.25) is 0 Å². The van der Waals surface area contributed by atoms with E-state index in [1.54, 1.807) is 0 Å². The maximum Gasteiger partial charge on any atom is 0.433 e. The van der Waals surface area contributed by atoms with Crippen LogP contribution in [0, 0.1) is 11.3 Å². The molecule has 32 heavy (non-hydrogen) atoms. The molecule has 172 valence electrons. The number of hydrogen-bond donors (Lipinski definition) is 0. The van der Waals surface area contributed by atoms with Gasteiger partial charge in [0.05, 0.1) is 21.8 Å². The Bertz CT molecular complexity index is 1140. The number of hydrogen-bond acceptors (Lipinski definition) is 8. The second kappa shape index (κ2) is 9.48. The van der Waals surface area contributed by atoms with Crippen molar-refractivity contribution in [3.8, 4) is 11.8 Å². The molecule has 1 saturated heterocycles. The lowest BCUT2D eigenvalue weighted by Crippen LogP contribution is -2.28. The second-order valence-corrected chi connectivity index (χ2v) is 9.48. The normalized spacial score (nSPS) is 16.8. The van der Waals surface area contributed by atoms with Crippen molar-refractivity contribution in [2.45, 2.75) is 22.7 Å². The van der Waals surface area contributed by atoms with Crippen molar-refractivity contribution in [3.05, 3.63) is 40.8 Å². The molecule has 0 radical (unpaired) electrons. The summed E-state index contributed by atoms with van der Waals surface area (Å²) in [4.78, 5) is 8.27. The molecule has 1 aromatic carbocycles. The number of nitrogens with zero attached hydrogens (tertiary/aromatic N) is 4. The fourth-order valence-electron chi connectivity index (χ4n) is 3.21. The zero-order valence-electron chi connectivity index (χ0n) is 16.8. The van der Waals surface area contributed by atoms with E-state index in [-0.39, 0.29) is 41.9 Å². The molecule has 8 nitrogen and oxygen atoms in total. The van der Waals surface area contributed by atoms with E-state index in [4.69, 9.17) is 26.3 Å². The van der Waals surface area contributed by atoms with E-state index in [0.717, 1.165) is 0 Å². The van der Waals surface area contributed by atoms with Gasteiger partial charge in [-0.1, -0.05) is 11.6 Å². The molecule has 0 N–H and O–H groups in total. The summed E-state index contributed by atoms with van der Waals surface area (Å²) in [6.07, 6.45) is -4.62. The summed E-state index contributed by atoms with van der Waals surface area (Å²) in [5.41, 5.74) is -1.27. The highest BCUT2D eigenvalue weighted by Gasteiger charge is 2.38. The number of methoxy groups -OCH3 is 1. The second-order valence-electron chi connectivity index (χ2n) is 6.88. The van der Waals surface area contributed by atoms with Crippen LogP contribution in [0.25, 0.3) is 0 Å². The van der Waals surface area contributed by atoms with Gasteiger partial charge in [-0.05, 0) is 18.6 Å². The number of alkyl halides is 3. The molecule has 1 aliphatic heterocycles. The zero-order valence-corrected chi connectivity index (χ0v) is 18.3. The van der Waals surface area contributed by atoms with Crippen LogP contribution in [0.3, 0.4) is 0 Å². The van der Waals surface area contributed by atoms with Crippen molar-refractivity contribution < 1.29 is 31.1 Å². The molecule has 0 aliphatic carbocycles. The van der Waals surface area contributed by atoms with Gasteiger partial charge >= 0.3 is 6.18 Å². The minimum absolute atomic E-state index is 0.0217. The minimum atomic E-state index is -4.77. The SMILES string of the molecule is COCCOc1ccc(S(=O)(=O)C2CCN(c3cc(C(F)(F)F)nc(C#N)n3)C2)c(Cl)c1. The van der Waals surface area contributed by atoms with Crippen molar-refractivity contribution in [2.75, 3.05) is 38.3 Å². The highest BCUT2D eigenvalue weighted by Crippen LogP contribution is 2.34. The summed E-state index contributed by atoms with van der Waals surface area (Å²) in [5.74, 6) is -0.424. The lowest BCUT2D eigenvalue weighted by molar-refractivity contribution is -0.141. The van der Waals surface area contributed by atoms with Crippen LogP contribution in [0.15, 0.2) is 29.2 Å². The number of anilines is 1. The third-order valence-electron chi connectivity index (χ3n) is 4.78. The Balaban J connectivity index is 1.81. The topological polar surface area (TPSA) is 105 Å². The average Bonchev–Trinajstić information content (AvgIpc) is 3.24. The molecular formula is C19H18ClF3N4O4S. The predicted molar refractivity (Wildman–Crippen MR) is 108 cm³/mol. The Morgan fingerprint density at radius 1 is 1.28 bits per heavy atom. The van der Waals surface area contributed by atoms with Gasteiger partial charge in [0.15, 0.2) is 15.5 Å². The summed E-state index contributed by atoms with van der Waals surface area (Å²) >= 11 is 6.18. The predicted octanol–water partition coefficient (Wildman–Crippen LogP) is 3.10. The molecule has 1 fully saturated rings. The smallest absolute Gasteiger partial charge is 0.433 e. The van der Waals surface area contributed by atoms with Crippen LogP contribution < -0.4 is 9.64 Å². The van der Waals surface area contributed by atoms with Gasteiger partial charge in [0.2, 0.25) is 5.82 Å². The van der Waals surface area contributed by atoms with Crippen LogP contribution in [0.5, 0.6) is 5.75 Å². The van der Waals surface area contributed by atoms with Gasteiger partial charge < -0.3 is 14.4 Å². The molecule has 13 heteroatoms. The van der Waals surface area contributed by atoms with E-state index in [1.807, 2.05) is 0 Å². The summed E-state index contributed by atoms with van der Waals surface area (Å²) in [5, 5.41) is 8.01. The van der Waals surface area contributed by atoms with E-state index in [0.29, 0.717) is 18.4 Å². The summed E-state index contributed by atoms with van der Waals surface area (Å²) in [7, 11) is -2.37. The molecule has 1 unspecified atom stereocenters. The average molecular weight is 491 g/mol. The first-order chi connectivity index (χ1) is 15.1. The third kappa shape index (κ3) is 5.23. The minimum Gasteiger partial charge on any atom is -0.491 e. The van der Waals surface area contributed by atoms with Crippen LogP contribution in [-0.4, -0.2) is 57.0 Å². The van der Waals surface area contributed by atoms with Crippen LogP contribution in [-0.2, 0) is 20.8 Å². The Hall–Kier alpha value is -2.62. The molecule has 1 atom stereocenters. The van der Waals surface area contributed by atoms with Crippen molar-refractivity contribution in [1.82, 2.24) is 9.97 Å². The molecule has 3 rings (SSSR count). The van der Waals surface area contributed by atoms with Gasteiger partial charge in [-0.15, -0.1) is 0 Å². The number of benzene rings is 1. The number of aromatic nitrogens is 2. The van der Waals surface area contributed by atoms with E-state index < -0.39 is 32.8 Å². The highest BCUT2D eigenvalue weighted by atomic mass is 35.5. The number of nitriles is 1. The van der Waals surface area contributed by atoms with Gasteiger partial charge in [-0.2, -0.15) is 18.4 Å². The molecule has 0 saturated carbocycles. The Labute approximate surface area is 187 Å². The van der Waals surface area contributed by atoms with Crippen LogP contribution >= 0.6 is 11.6 Å². The van der Waals surface area contributed by atoms with Gasteiger partial charge in [0.1, 0.15) is 24.2 Å². The molecule has 2 aromatic rings. The standard InChI is InChI=1S/C19H18ClF3N4O4S/c1-30-6-7-31-12-2-3-15(14(20)8-12)32(28,29)13-4-5-27(11-13)18-9-16(19(21,22)23)25-17(10-24)26-18/h2-3,8-9,13H,4-7,11H2,1H3. The van der Waals surface area contributed by atoms with Gasteiger partial charge in [0, 0.05) is 32.3 Å². The summed E-state index contributed by atoms with van der Waals surface area (Å²) in [6, 6.07) is 6.39. The Kier molecular flexibility index (Phi) is 7.12. The van der Waals surface area contributed by atoms with Crippen LogP contribution in [0.4, 0.5) is 19.0 Å². The molecule has 0 spiro atoms.